The fourth-order valence-corrected chi connectivity index (χ4v) is 2.92. The van der Waals surface area contributed by atoms with E-state index < -0.39 is 0 Å². The summed E-state index contributed by atoms with van der Waals surface area (Å²) < 4.78 is 0. The molecule has 0 aliphatic carbocycles. The molecule has 1 aromatic carbocycles. The average Bonchev–Trinajstić information content (AvgIpc) is 2.99. The predicted molar refractivity (Wildman–Crippen MR) is 77.1 cm³/mol. The van der Waals surface area contributed by atoms with Crippen LogP contribution in [0.2, 0.25) is 0 Å². The third-order valence-corrected chi connectivity index (χ3v) is 4.09. The van der Waals surface area contributed by atoms with Crippen LogP contribution in [0.15, 0.2) is 24.4 Å². The number of rotatable bonds is 3. The summed E-state index contributed by atoms with van der Waals surface area (Å²) >= 11 is 0. The molecule has 1 atom stereocenters. The Bertz CT molecular complexity index is 533. The number of benzene rings is 1. The van der Waals surface area contributed by atoms with Gasteiger partial charge in [0.15, 0.2) is 0 Å². The second kappa shape index (κ2) is 4.77. The Morgan fingerprint density at radius 1 is 1.33 bits per heavy atom. The molecule has 1 fully saturated rings. The molecule has 0 spiro atoms. The summed E-state index contributed by atoms with van der Waals surface area (Å²) in [6.45, 7) is 5.70. The van der Waals surface area contributed by atoms with Crippen molar-refractivity contribution in [1.82, 2.24) is 10.3 Å². The first-order valence-corrected chi connectivity index (χ1v) is 7.07. The van der Waals surface area contributed by atoms with Gasteiger partial charge in [-0.25, -0.2) is 0 Å². The van der Waals surface area contributed by atoms with Gasteiger partial charge in [0.05, 0.1) is 0 Å². The minimum absolute atomic E-state index is 0.599. The molecule has 1 aliphatic rings. The third kappa shape index (κ3) is 2.17. The van der Waals surface area contributed by atoms with E-state index in [0.29, 0.717) is 12.0 Å². The van der Waals surface area contributed by atoms with Crippen molar-refractivity contribution >= 4 is 10.9 Å². The van der Waals surface area contributed by atoms with E-state index in [9.17, 15) is 0 Å². The number of aromatic nitrogens is 1. The lowest BCUT2D eigenvalue weighted by Crippen LogP contribution is -2.23. The Morgan fingerprint density at radius 3 is 2.94 bits per heavy atom. The van der Waals surface area contributed by atoms with E-state index in [-0.39, 0.29) is 0 Å². The zero-order valence-electron chi connectivity index (χ0n) is 11.3. The van der Waals surface area contributed by atoms with Crippen molar-refractivity contribution in [3.05, 3.63) is 35.5 Å². The summed E-state index contributed by atoms with van der Waals surface area (Å²) in [6.07, 6.45) is 5.98. The number of aromatic amines is 1. The molecule has 2 aromatic rings. The minimum Gasteiger partial charge on any atom is -0.361 e. The quantitative estimate of drug-likeness (QED) is 0.846. The summed E-state index contributed by atoms with van der Waals surface area (Å²) in [4.78, 5) is 3.40. The van der Waals surface area contributed by atoms with Gasteiger partial charge < -0.3 is 10.3 Å². The topological polar surface area (TPSA) is 27.8 Å². The standard InChI is InChI=1S/C16H22N2/c1-11(2)12-5-6-16-15(9-12)13(10-18-16)8-14-4-3-7-17-14/h5-6,9-11,14,17-18H,3-4,7-8H2,1-2H3/t14-/m1/s1. The number of nitrogens with one attached hydrogen (secondary N) is 2. The molecule has 1 aromatic heterocycles. The molecule has 0 bridgehead atoms. The van der Waals surface area contributed by atoms with Crippen molar-refractivity contribution in [1.29, 1.82) is 0 Å². The Labute approximate surface area is 109 Å². The highest BCUT2D eigenvalue weighted by atomic mass is 14.9. The molecule has 0 amide bonds. The Morgan fingerprint density at radius 2 is 2.22 bits per heavy atom. The highest BCUT2D eigenvalue weighted by Crippen LogP contribution is 2.25. The van der Waals surface area contributed by atoms with Gasteiger partial charge in [0, 0.05) is 23.1 Å². The van der Waals surface area contributed by atoms with Gasteiger partial charge in [0.2, 0.25) is 0 Å². The zero-order valence-corrected chi connectivity index (χ0v) is 11.3. The van der Waals surface area contributed by atoms with Gasteiger partial charge in [-0.05, 0) is 55.0 Å². The van der Waals surface area contributed by atoms with Crippen LogP contribution < -0.4 is 5.32 Å². The molecule has 1 saturated heterocycles. The summed E-state index contributed by atoms with van der Waals surface area (Å²) in [7, 11) is 0. The largest absolute Gasteiger partial charge is 0.361 e. The first kappa shape index (κ1) is 11.8. The molecular weight excluding hydrogens is 220 g/mol. The van der Waals surface area contributed by atoms with E-state index in [2.05, 4.69) is 48.5 Å². The smallest absolute Gasteiger partial charge is 0.0457 e. The normalized spacial score (nSPS) is 20.1. The maximum atomic E-state index is 3.58. The van der Waals surface area contributed by atoms with Gasteiger partial charge in [0.1, 0.15) is 0 Å². The van der Waals surface area contributed by atoms with Gasteiger partial charge >= 0.3 is 0 Å². The lowest BCUT2D eigenvalue weighted by atomic mass is 9.98. The molecule has 18 heavy (non-hydrogen) atoms. The van der Waals surface area contributed by atoms with Crippen molar-refractivity contribution in [2.75, 3.05) is 6.54 Å². The minimum atomic E-state index is 0.599. The molecular formula is C16H22N2. The average molecular weight is 242 g/mol. The predicted octanol–water partition coefficient (Wildman–Crippen LogP) is 3.59. The second-order valence-corrected chi connectivity index (χ2v) is 5.77. The fourth-order valence-electron chi connectivity index (χ4n) is 2.92. The van der Waals surface area contributed by atoms with E-state index in [4.69, 9.17) is 0 Å². The number of fused-ring (bicyclic) bond motifs is 1. The molecule has 2 nitrogen and oxygen atoms in total. The van der Waals surface area contributed by atoms with E-state index in [1.54, 1.807) is 0 Å². The molecule has 2 heteroatoms. The molecule has 2 N–H and O–H groups in total. The van der Waals surface area contributed by atoms with Crippen molar-refractivity contribution in [3.63, 3.8) is 0 Å². The van der Waals surface area contributed by atoms with Crippen molar-refractivity contribution < 1.29 is 0 Å². The van der Waals surface area contributed by atoms with Crippen molar-refractivity contribution in [2.24, 2.45) is 0 Å². The van der Waals surface area contributed by atoms with Gasteiger partial charge in [-0.1, -0.05) is 19.9 Å². The third-order valence-electron chi connectivity index (χ3n) is 4.09. The van der Waals surface area contributed by atoms with Crippen LogP contribution in [0, 0.1) is 0 Å². The summed E-state index contributed by atoms with van der Waals surface area (Å²) in [5.41, 5.74) is 4.17. The maximum absolute atomic E-state index is 3.58. The molecule has 96 valence electrons. The molecule has 2 heterocycles. The fraction of sp³-hybridized carbons (Fsp3) is 0.500. The summed E-state index contributed by atoms with van der Waals surface area (Å²) in [5, 5.41) is 4.99. The maximum Gasteiger partial charge on any atom is 0.0457 e. The second-order valence-electron chi connectivity index (χ2n) is 5.77. The molecule has 3 rings (SSSR count). The summed E-state index contributed by atoms with van der Waals surface area (Å²) in [5.74, 6) is 0.599. The van der Waals surface area contributed by atoms with Crippen LogP contribution in [0.4, 0.5) is 0 Å². The van der Waals surface area contributed by atoms with E-state index >= 15 is 0 Å². The first-order chi connectivity index (χ1) is 8.74. The number of hydrogen-bond acceptors (Lipinski definition) is 1. The van der Waals surface area contributed by atoms with E-state index in [1.807, 2.05) is 0 Å². The summed E-state index contributed by atoms with van der Waals surface area (Å²) in [6, 6.07) is 7.49. The van der Waals surface area contributed by atoms with Crippen molar-refractivity contribution in [2.45, 2.75) is 45.1 Å². The molecule has 1 aliphatic heterocycles. The lowest BCUT2D eigenvalue weighted by Gasteiger charge is -2.10. The van der Waals surface area contributed by atoms with E-state index in [1.165, 1.54) is 41.4 Å². The van der Waals surface area contributed by atoms with Gasteiger partial charge in [-0.2, -0.15) is 0 Å². The zero-order chi connectivity index (χ0) is 12.5. The van der Waals surface area contributed by atoms with Crippen LogP contribution in [-0.4, -0.2) is 17.6 Å². The van der Waals surface area contributed by atoms with Crippen molar-refractivity contribution in [3.8, 4) is 0 Å². The van der Waals surface area contributed by atoms with Crippen LogP contribution in [-0.2, 0) is 6.42 Å². The van der Waals surface area contributed by atoms with Crippen LogP contribution in [0.5, 0.6) is 0 Å². The Balaban J connectivity index is 1.93. The molecule has 0 radical (unpaired) electrons. The van der Waals surface area contributed by atoms with E-state index in [0.717, 1.165) is 6.42 Å². The Hall–Kier alpha value is -1.28. The first-order valence-electron chi connectivity index (χ1n) is 7.07. The monoisotopic (exact) mass is 242 g/mol. The Kier molecular flexibility index (Phi) is 3.13. The van der Waals surface area contributed by atoms with Gasteiger partial charge in [0.25, 0.3) is 0 Å². The van der Waals surface area contributed by atoms with Crippen LogP contribution in [0.1, 0.15) is 43.7 Å². The van der Waals surface area contributed by atoms with Crippen LogP contribution >= 0.6 is 0 Å². The van der Waals surface area contributed by atoms with Crippen LogP contribution in [0.25, 0.3) is 10.9 Å². The molecule has 0 saturated carbocycles. The van der Waals surface area contributed by atoms with Gasteiger partial charge in [-0.3, -0.25) is 0 Å². The highest BCUT2D eigenvalue weighted by molar-refractivity contribution is 5.84. The number of hydrogen-bond donors (Lipinski definition) is 2. The lowest BCUT2D eigenvalue weighted by molar-refractivity contribution is 0.605. The van der Waals surface area contributed by atoms with Gasteiger partial charge in [-0.15, -0.1) is 0 Å². The number of H-pyrrole nitrogens is 1. The SMILES string of the molecule is CC(C)c1ccc2[nH]cc(C[C@H]3CCCN3)c2c1. The van der Waals surface area contributed by atoms with Crippen LogP contribution in [0.3, 0.4) is 0 Å². The highest BCUT2D eigenvalue weighted by Gasteiger charge is 2.16. The molecule has 0 unspecified atom stereocenters.